The molecule has 0 aromatic heterocycles. The van der Waals surface area contributed by atoms with Gasteiger partial charge in [0.05, 0.1) is 23.4 Å². The molecule has 2 aliphatic rings. The van der Waals surface area contributed by atoms with Gasteiger partial charge in [-0.25, -0.2) is 0 Å². The van der Waals surface area contributed by atoms with E-state index in [2.05, 4.69) is 79.7 Å². The fraction of sp³-hybridized carbons (Fsp3) is 0.733. The number of unbranched alkanes of at least 4 members (excludes halogenated alkanes) is 1. The normalized spacial score (nSPS) is 27.4. The van der Waals surface area contributed by atoms with Crippen molar-refractivity contribution in [3.05, 3.63) is 46.6 Å². The predicted octanol–water partition coefficient (Wildman–Crippen LogP) is 9.03. The van der Waals surface area contributed by atoms with Gasteiger partial charge in [-0.15, -0.1) is 0 Å². The minimum atomic E-state index is 0.126. The minimum absolute atomic E-state index is 0.126. The number of ether oxygens (including phenoxy) is 2. The molecule has 2 heterocycles. The van der Waals surface area contributed by atoms with Crippen LogP contribution in [0.4, 0.5) is 0 Å². The monoisotopic (exact) mass is 442 g/mol. The Hall–Kier alpha value is -1.12. The average Bonchev–Trinajstić information content (AvgIpc) is 3.55. The predicted molar refractivity (Wildman–Crippen MR) is 139 cm³/mol. The van der Waals surface area contributed by atoms with E-state index in [0.717, 1.165) is 38.5 Å². The molecule has 32 heavy (non-hydrogen) atoms. The Morgan fingerprint density at radius 1 is 0.625 bits per heavy atom. The lowest BCUT2D eigenvalue weighted by atomic mass is 9.96. The highest BCUT2D eigenvalue weighted by Gasteiger charge is 2.50. The molecule has 2 rings (SSSR count). The number of hydrogen-bond acceptors (Lipinski definition) is 2. The van der Waals surface area contributed by atoms with Crippen LogP contribution in [-0.2, 0) is 9.47 Å². The maximum absolute atomic E-state index is 6.01. The summed E-state index contributed by atoms with van der Waals surface area (Å²) in [6.45, 7) is 17.8. The van der Waals surface area contributed by atoms with Gasteiger partial charge in [-0.3, -0.25) is 0 Å². The lowest BCUT2D eigenvalue weighted by molar-refractivity contribution is 0.295. The molecule has 0 bridgehead atoms. The molecule has 2 heteroatoms. The SMILES string of the molecule is CC(C)=CCC[C@@]1(C)O[C@@H]1CC/C(C)=C/CC/C=C(\C)CC/C=C(\C)CC[C@@H]1OC1(C)C. The Labute approximate surface area is 199 Å². The van der Waals surface area contributed by atoms with Crippen LogP contribution in [0.3, 0.4) is 0 Å². The molecule has 3 atom stereocenters. The zero-order valence-corrected chi connectivity index (χ0v) is 22.4. The van der Waals surface area contributed by atoms with Crippen molar-refractivity contribution in [2.75, 3.05) is 0 Å². The first kappa shape index (κ1) is 27.1. The first-order chi connectivity index (χ1) is 15.0. The molecule has 0 amide bonds. The van der Waals surface area contributed by atoms with Crippen LogP contribution in [0.2, 0.25) is 0 Å². The van der Waals surface area contributed by atoms with Crippen LogP contribution in [0.15, 0.2) is 46.6 Å². The van der Waals surface area contributed by atoms with Crippen LogP contribution >= 0.6 is 0 Å². The van der Waals surface area contributed by atoms with Crippen LogP contribution in [0.5, 0.6) is 0 Å². The first-order valence-electron chi connectivity index (χ1n) is 13.0. The number of rotatable bonds is 15. The standard InChI is InChI=1S/C30H50O2/c1-23(2)13-12-22-30(8)28(32-30)21-19-25(4)15-10-9-14-24(3)16-11-17-26(5)18-20-27-29(6,7)31-27/h13-15,17,27-28H,9-12,16,18-22H2,1-8H3/b24-14+,25-15+,26-17+/t27-,28+,30+/m0/s1. The smallest absolute Gasteiger partial charge is 0.0923 e. The Balaban J connectivity index is 1.54. The summed E-state index contributed by atoms with van der Waals surface area (Å²) >= 11 is 0. The van der Waals surface area contributed by atoms with Gasteiger partial charge in [-0.2, -0.15) is 0 Å². The Morgan fingerprint density at radius 2 is 1.12 bits per heavy atom. The lowest BCUT2D eigenvalue weighted by Crippen LogP contribution is -2.09. The largest absolute Gasteiger partial charge is 0.367 e. The highest BCUT2D eigenvalue weighted by molar-refractivity contribution is 5.08. The molecule has 0 saturated carbocycles. The minimum Gasteiger partial charge on any atom is -0.367 e. The van der Waals surface area contributed by atoms with Crippen LogP contribution in [0.1, 0.15) is 120 Å². The summed E-state index contributed by atoms with van der Waals surface area (Å²) in [5.41, 5.74) is 6.20. The molecule has 0 aliphatic carbocycles. The molecular formula is C30H50O2. The third-order valence-electron chi connectivity index (χ3n) is 7.18. The first-order valence-corrected chi connectivity index (χ1v) is 13.0. The zero-order valence-electron chi connectivity index (χ0n) is 22.4. The molecule has 0 unspecified atom stereocenters. The number of epoxide rings is 2. The molecule has 0 spiro atoms. The second-order valence-electron chi connectivity index (χ2n) is 11.3. The zero-order chi connectivity index (χ0) is 23.8. The van der Waals surface area contributed by atoms with Crippen molar-refractivity contribution in [2.24, 2.45) is 0 Å². The van der Waals surface area contributed by atoms with Crippen molar-refractivity contribution in [2.45, 2.75) is 143 Å². The summed E-state index contributed by atoms with van der Waals surface area (Å²) in [4.78, 5) is 0. The average molecular weight is 443 g/mol. The van der Waals surface area contributed by atoms with Gasteiger partial charge in [0.1, 0.15) is 0 Å². The van der Waals surface area contributed by atoms with E-state index < -0.39 is 0 Å². The molecule has 0 N–H and O–H groups in total. The van der Waals surface area contributed by atoms with E-state index in [4.69, 9.17) is 9.47 Å². The molecule has 2 fully saturated rings. The van der Waals surface area contributed by atoms with Gasteiger partial charge in [0.2, 0.25) is 0 Å². The molecule has 0 aromatic carbocycles. The summed E-state index contributed by atoms with van der Waals surface area (Å²) in [7, 11) is 0. The quantitative estimate of drug-likeness (QED) is 0.143. The van der Waals surface area contributed by atoms with Crippen molar-refractivity contribution >= 4 is 0 Å². The molecular weight excluding hydrogens is 392 g/mol. The van der Waals surface area contributed by atoms with Crippen molar-refractivity contribution in [1.82, 2.24) is 0 Å². The number of allylic oxidation sites excluding steroid dienone is 8. The van der Waals surface area contributed by atoms with Crippen molar-refractivity contribution in [1.29, 1.82) is 0 Å². The van der Waals surface area contributed by atoms with Gasteiger partial charge in [0.25, 0.3) is 0 Å². The molecule has 2 nitrogen and oxygen atoms in total. The van der Waals surface area contributed by atoms with Gasteiger partial charge in [-0.1, -0.05) is 46.6 Å². The summed E-state index contributed by atoms with van der Waals surface area (Å²) in [5.74, 6) is 0. The fourth-order valence-corrected chi connectivity index (χ4v) is 4.49. The highest BCUT2D eigenvalue weighted by atomic mass is 16.6. The summed E-state index contributed by atoms with van der Waals surface area (Å²) in [6, 6.07) is 0. The van der Waals surface area contributed by atoms with E-state index in [9.17, 15) is 0 Å². The van der Waals surface area contributed by atoms with Crippen LogP contribution < -0.4 is 0 Å². The summed E-state index contributed by atoms with van der Waals surface area (Å²) in [6.07, 6.45) is 22.1. The topological polar surface area (TPSA) is 25.1 Å². The van der Waals surface area contributed by atoms with Gasteiger partial charge in [-0.05, 0) is 120 Å². The Morgan fingerprint density at radius 3 is 1.66 bits per heavy atom. The lowest BCUT2D eigenvalue weighted by Gasteiger charge is -2.05. The third kappa shape index (κ3) is 10.2. The van der Waals surface area contributed by atoms with E-state index >= 15 is 0 Å². The van der Waals surface area contributed by atoms with Crippen molar-refractivity contribution in [3.63, 3.8) is 0 Å². The molecule has 0 radical (unpaired) electrons. The third-order valence-corrected chi connectivity index (χ3v) is 7.18. The van der Waals surface area contributed by atoms with Crippen LogP contribution in [0, 0.1) is 0 Å². The van der Waals surface area contributed by atoms with E-state index in [1.54, 1.807) is 0 Å². The van der Waals surface area contributed by atoms with E-state index in [0.29, 0.717) is 12.2 Å². The van der Waals surface area contributed by atoms with Crippen LogP contribution in [0.25, 0.3) is 0 Å². The summed E-state index contributed by atoms with van der Waals surface area (Å²) < 4.78 is 11.7. The second-order valence-corrected chi connectivity index (χ2v) is 11.3. The second kappa shape index (κ2) is 12.4. The molecule has 2 aliphatic heterocycles. The Kier molecular flexibility index (Phi) is 10.5. The van der Waals surface area contributed by atoms with E-state index in [-0.39, 0.29) is 11.2 Å². The van der Waals surface area contributed by atoms with Gasteiger partial charge < -0.3 is 9.47 Å². The molecule has 182 valence electrons. The maximum Gasteiger partial charge on any atom is 0.0923 e. The van der Waals surface area contributed by atoms with E-state index in [1.807, 2.05) is 0 Å². The Bertz CT molecular complexity index is 717. The van der Waals surface area contributed by atoms with Gasteiger partial charge in [0.15, 0.2) is 0 Å². The number of hydrogen-bond donors (Lipinski definition) is 0. The molecule has 0 aromatic rings. The summed E-state index contributed by atoms with van der Waals surface area (Å²) in [5, 5.41) is 0. The fourth-order valence-electron chi connectivity index (χ4n) is 4.49. The highest BCUT2D eigenvalue weighted by Crippen LogP contribution is 2.43. The van der Waals surface area contributed by atoms with Gasteiger partial charge in [0, 0.05) is 0 Å². The van der Waals surface area contributed by atoms with Crippen molar-refractivity contribution < 1.29 is 9.47 Å². The van der Waals surface area contributed by atoms with E-state index in [1.165, 1.54) is 48.0 Å². The van der Waals surface area contributed by atoms with Gasteiger partial charge >= 0.3 is 0 Å². The maximum atomic E-state index is 6.01. The van der Waals surface area contributed by atoms with Crippen LogP contribution in [-0.4, -0.2) is 23.4 Å². The van der Waals surface area contributed by atoms with Crippen molar-refractivity contribution in [3.8, 4) is 0 Å². The molecule has 2 saturated heterocycles.